The third-order valence-electron chi connectivity index (χ3n) is 4.54. The Labute approximate surface area is 148 Å². The Morgan fingerprint density at radius 1 is 0.875 bits per heavy atom. The predicted molar refractivity (Wildman–Crippen MR) is 98.1 cm³/mol. The number of esters is 1. The van der Waals surface area contributed by atoms with Gasteiger partial charge in [-0.05, 0) is 25.2 Å². The number of rotatable bonds is 17. The number of carbonyl (C=O) groups is 2. The van der Waals surface area contributed by atoms with Gasteiger partial charge in [0.25, 0.3) is 0 Å². The Morgan fingerprint density at radius 2 is 1.50 bits per heavy atom. The molecule has 4 heteroatoms. The van der Waals surface area contributed by atoms with Crippen LogP contribution in [0.25, 0.3) is 0 Å². The summed E-state index contributed by atoms with van der Waals surface area (Å²) >= 11 is 0. The Bertz CT molecular complexity index is 315. The average molecular weight is 343 g/mol. The molecule has 0 aromatic carbocycles. The van der Waals surface area contributed by atoms with E-state index in [1.54, 1.807) is 0 Å². The summed E-state index contributed by atoms with van der Waals surface area (Å²) in [5.41, 5.74) is 0. The Morgan fingerprint density at radius 3 is 2.17 bits per heavy atom. The molecule has 0 bridgehead atoms. The van der Waals surface area contributed by atoms with Gasteiger partial charge in [-0.1, -0.05) is 71.6 Å². The first kappa shape index (κ1) is 22.9. The van der Waals surface area contributed by atoms with Gasteiger partial charge in [-0.2, -0.15) is 0 Å². The summed E-state index contributed by atoms with van der Waals surface area (Å²) in [6.07, 6.45) is 14.0. The second kappa shape index (κ2) is 16.8. The van der Waals surface area contributed by atoms with Gasteiger partial charge >= 0.3 is 11.9 Å². The van der Waals surface area contributed by atoms with Gasteiger partial charge in [-0.3, -0.25) is 9.59 Å². The molecule has 0 saturated heterocycles. The van der Waals surface area contributed by atoms with E-state index in [2.05, 4.69) is 13.8 Å². The van der Waals surface area contributed by atoms with Crippen molar-refractivity contribution in [1.29, 1.82) is 0 Å². The van der Waals surface area contributed by atoms with E-state index in [1.807, 2.05) is 0 Å². The highest BCUT2D eigenvalue weighted by atomic mass is 16.5. The zero-order valence-electron chi connectivity index (χ0n) is 15.9. The molecule has 0 saturated carbocycles. The standard InChI is InChI=1S/C20H38O4/c1-3-5-6-8-12-15-20(23)24-16-13-10-7-9-11-14-18(4-2)17-19(21)22/h18H,3-17H2,1-2H3,(H,21,22). The van der Waals surface area contributed by atoms with Crippen LogP contribution in [0.2, 0.25) is 0 Å². The van der Waals surface area contributed by atoms with Gasteiger partial charge in [0.2, 0.25) is 0 Å². The van der Waals surface area contributed by atoms with Gasteiger partial charge in [0.1, 0.15) is 0 Å². The fourth-order valence-electron chi connectivity index (χ4n) is 2.89. The zero-order chi connectivity index (χ0) is 18.0. The average Bonchev–Trinajstić information content (AvgIpc) is 2.55. The molecule has 142 valence electrons. The van der Waals surface area contributed by atoms with Crippen molar-refractivity contribution in [2.24, 2.45) is 5.92 Å². The maximum absolute atomic E-state index is 11.5. The van der Waals surface area contributed by atoms with Crippen LogP contribution >= 0.6 is 0 Å². The van der Waals surface area contributed by atoms with Gasteiger partial charge < -0.3 is 9.84 Å². The number of hydrogen-bond acceptors (Lipinski definition) is 3. The lowest BCUT2D eigenvalue weighted by Gasteiger charge is -2.11. The summed E-state index contributed by atoms with van der Waals surface area (Å²) in [5, 5.41) is 8.81. The summed E-state index contributed by atoms with van der Waals surface area (Å²) in [5.74, 6) is -0.416. The smallest absolute Gasteiger partial charge is 0.305 e. The molecule has 0 radical (unpaired) electrons. The third-order valence-corrected chi connectivity index (χ3v) is 4.54. The van der Waals surface area contributed by atoms with E-state index in [0.717, 1.165) is 57.8 Å². The lowest BCUT2D eigenvalue weighted by molar-refractivity contribution is -0.144. The van der Waals surface area contributed by atoms with E-state index in [9.17, 15) is 9.59 Å². The van der Waals surface area contributed by atoms with E-state index < -0.39 is 5.97 Å². The number of carboxylic acids is 1. The molecule has 0 aromatic heterocycles. The maximum atomic E-state index is 11.5. The number of unbranched alkanes of at least 4 members (excludes halogenated alkanes) is 8. The zero-order valence-corrected chi connectivity index (χ0v) is 15.9. The van der Waals surface area contributed by atoms with Crippen molar-refractivity contribution in [3.63, 3.8) is 0 Å². The fourth-order valence-corrected chi connectivity index (χ4v) is 2.89. The number of aliphatic carboxylic acids is 1. The fraction of sp³-hybridized carbons (Fsp3) is 0.900. The highest BCUT2D eigenvalue weighted by molar-refractivity contribution is 5.69. The van der Waals surface area contributed by atoms with Gasteiger partial charge in [0.05, 0.1) is 6.61 Å². The molecule has 0 fully saturated rings. The number of carboxylic acid groups (broad SMARTS) is 1. The summed E-state index contributed by atoms with van der Waals surface area (Å²) in [7, 11) is 0. The Hall–Kier alpha value is -1.06. The number of ether oxygens (including phenoxy) is 1. The second-order valence-electron chi connectivity index (χ2n) is 6.81. The van der Waals surface area contributed by atoms with Crippen molar-refractivity contribution >= 4 is 11.9 Å². The molecule has 0 spiro atoms. The molecular formula is C20H38O4. The molecule has 0 rings (SSSR count). The van der Waals surface area contributed by atoms with Crippen molar-refractivity contribution < 1.29 is 19.4 Å². The van der Waals surface area contributed by atoms with Gasteiger partial charge in [-0.15, -0.1) is 0 Å². The monoisotopic (exact) mass is 342 g/mol. The lowest BCUT2D eigenvalue weighted by atomic mass is 9.95. The largest absolute Gasteiger partial charge is 0.481 e. The maximum Gasteiger partial charge on any atom is 0.305 e. The molecule has 0 aromatic rings. The van der Waals surface area contributed by atoms with Crippen molar-refractivity contribution in [1.82, 2.24) is 0 Å². The highest BCUT2D eigenvalue weighted by Gasteiger charge is 2.10. The Balaban J connectivity index is 3.35. The number of carbonyl (C=O) groups excluding carboxylic acids is 1. The van der Waals surface area contributed by atoms with Crippen LogP contribution < -0.4 is 0 Å². The molecule has 4 nitrogen and oxygen atoms in total. The van der Waals surface area contributed by atoms with E-state index >= 15 is 0 Å². The lowest BCUT2D eigenvalue weighted by Crippen LogP contribution is -2.07. The molecule has 1 atom stereocenters. The van der Waals surface area contributed by atoms with Crippen molar-refractivity contribution in [2.45, 2.75) is 104 Å². The van der Waals surface area contributed by atoms with E-state index in [0.29, 0.717) is 25.4 Å². The van der Waals surface area contributed by atoms with Crippen LogP contribution in [0.5, 0.6) is 0 Å². The predicted octanol–water partition coefficient (Wildman–Crippen LogP) is 5.73. The summed E-state index contributed by atoms with van der Waals surface area (Å²) in [6.45, 7) is 4.79. The quantitative estimate of drug-likeness (QED) is 0.271. The molecule has 0 aliphatic heterocycles. The number of hydrogen-bond donors (Lipinski definition) is 1. The third kappa shape index (κ3) is 15.8. The van der Waals surface area contributed by atoms with Crippen molar-refractivity contribution in [2.75, 3.05) is 6.61 Å². The first-order valence-electron chi connectivity index (χ1n) is 9.97. The first-order valence-corrected chi connectivity index (χ1v) is 9.97. The minimum Gasteiger partial charge on any atom is -0.481 e. The SMILES string of the molecule is CCCCCCCC(=O)OCCCCCCCC(CC)CC(=O)O. The van der Waals surface area contributed by atoms with Crippen LogP contribution in [0.4, 0.5) is 0 Å². The van der Waals surface area contributed by atoms with Crippen LogP contribution in [0.1, 0.15) is 104 Å². The first-order chi connectivity index (χ1) is 11.6. The van der Waals surface area contributed by atoms with E-state index in [-0.39, 0.29) is 5.97 Å². The highest BCUT2D eigenvalue weighted by Crippen LogP contribution is 2.18. The van der Waals surface area contributed by atoms with Gasteiger partial charge in [0.15, 0.2) is 0 Å². The molecule has 1 N–H and O–H groups in total. The van der Waals surface area contributed by atoms with E-state index in [1.165, 1.54) is 19.3 Å². The Kier molecular flexibility index (Phi) is 16.0. The second-order valence-corrected chi connectivity index (χ2v) is 6.81. The molecular weight excluding hydrogens is 304 g/mol. The van der Waals surface area contributed by atoms with Gasteiger partial charge in [-0.25, -0.2) is 0 Å². The summed E-state index contributed by atoms with van der Waals surface area (Å²) in [6, 6.07) is 0. The summed E-state index contributed by atoms with van der Waals surface area (Å²) in [4.78, 5) is 22.2. The topological polar surface area (TPSA) is 63.6 Å². The van der Waals surface area contributed by atoms with Crippen LogP contribution in [-0.2, 0) is 14.3 Å². The van der Waals surface area contributed by atoms with Crippen molar-refractivity contribution in [3.05, 3.63) is 0 Å². The minimum absolute atomic E-state index is 0.0500. The molecule has 0 amide bonds. The molecule has 24 heavy (non-hydrogen) atoms. The molecule has 0 aliphatic rings. The summed E-state index contributed by atoms with van der Waals surface area (Å²) < 4.78 is 5.25. The van der Waals surface area contributed by atoms with Crippen LogP contribution in [0.15, 0.2) is 0 Å². The van der Waals surface area contributed by atoms with E-state index in [4.69, 9.17) is 9.84 Å². The molecule has 0 aliphatic carbocycles. The van der Waals surface area contributed by atoms with Crippen molar-refractivity contribution in [3.8, 4) is 0 Å². The normalized spacial score (nSPS) is 12.1. The van der Waals surface area contributed by atoms with Crippen LogP contribution in [0, 0.1) is 5.92 Å². The molecule has 1 unspecified atom stereocenters. The minimum atomic E-state index is -0.686. The van der Waals surface area contributed by atoms with Gasteiger partial charge in [0, 0.05) is 12.8 Å². The van der Waals surface area contributed by atoms with Crippen LogP contribution in [-0.4, -0.2) is 23.7 Å². The van der Waals surface area contributed by atoms with Crippen LogP contribution in [0.3, 0.4) is 0 Å². The molecule has 0 heterocycles.